The monoisotopic (exact) mass is 442 g/mol. The quantitative estimate of drug-likeness (QED) is 0.607. The molecule has 0 saturated carbocycles. The molecule has 148 valence electrons. The lowest BCUT2D eigenvalue weighted by Gasteiger charge is -2.05. The number of carbonyl (C=O) groups is 1. The lowest BCUT2D eigenvalue weighted by molar-refractivity contribution is 0.0993. The third kappa shape index (κ3) is 4.17. The standard InChI is InChI=1S/C18H16ClFN2O4S2/c1-26-9-8-22-14-7-6-11(28(2,24)25)10-15(14)27-18(22)21-17(23)16-12(19)4-3-5-13(16)20/h3-7,10H,8-9H2,1-2H3. The van der Waals surface area contributed by atoms with Gasteiger partial charge in [-0.1, -0.05) is 29.0 Å². The van der Waals surface area contributed by atoms with Crippen LogP contribution in [0.3, 0.4) is 0 Å². The largest absolute Gasteiger partial charge is 0.383 e. The van der Waals surface area contributed by atoms with Crippen LogP contribution in [-0.4, -0.2) is 38.9 Å². The molecule has 0 radical (unpaired) electrons. The van der Waals surface area contributed by atoms with Crippen molar-refractivity contribution in [3.8, 4) is 0 Å². The summed E-state index contributed by atoms with van der Waals surface area (Å²) in [7, 11) is -1.84. The molecule has 1 amide bonds. The molecule has 3 rings (SSSR count). The van der Waals surface area contributed by atoms with Crippen molar-refractivity contribution in [2.75, 3.05) is 20.0 Å². The van der Waals surface area contributed by atoms with Crippen LogP contribution in [0.15, 0.2) is 46.3 Å². The SMILES string of the molecule is COCCn1c(=NC(=O)c2c(F)cccc2Cl)sc2cc(S(C)(=O)=O)ccc21. The van der Waals surface area contributed by atoms with Gasteiger partial charge < -0.3 is 9.30 Å². The minimum Gasteiger partial charge on any atom is -0.383 e. The summed E-state index contributed by atoms with van der Waals surface area (Å²) >= 11 is 7.08. The van der Waals surface area contributed by atoms with Crippen LogP contribution in [0.4, 0.5) is 4.39 Å². The Morgan fingerprint density at radius 3 is 2.71 bits per heavy atom. The second kappa shape index (κ2) is 8.12. The molecule has 0 N–H and O–H groups in total. The van der Waals surface area contributed by atoms with Crippen molar-refractivity contribution in [1.29, 1.82) is 0 Å². The molecule has 28 heavy (non-hydrogen) atoms. The van der Waals surface area contributed by atoms with Crippen LogP contribution in [0.25, 0.3) is 10.2 Å². The molecule has 0 aliphatic rings. The first kappa shape index (κ1) is 20.7. The number of rotatable bonds is 5. The van der Waals surface area contributed by atoms with E-state index >= 15 is 0 Å². The predicted molar refractivity (Wildman–Crippen MR) is 106 cm³/mol. The van der Waals surface area contributed by atoms with Crippen molar-refractivity contribution in [3.05, 3.63) is 57.6 Å². The lowest BCUT2D eigenvalue weighted by Crippen LogP contribution is -2.19. The molecular weight excluding hydrogens is 427 g/mol. The van der Waals surface area contributed by atoms with Crippen molar-refractivity contribution >= 4 is 48.9 Å². The topological polar surface area (TPSA) is 77.7 Å². The average molecular weight is 443 g/mol. The van der Waals surface area contributed by atoms with Crippen LogP contribution in [0.2, 0.25) is 5.02 Å². The summed E-state index contributed by atoms with van der Waals surface area (Å²) in [6, 6.07) is 8.62. The van der Waals surface area contributed by atoms with Crippen LogP contribution < -0.4 is 4.80 Å². The number of ether oxygens (including phenoxy) is 1. The summed E-state index contributed by atoms with van der Waals surface area (Å²) in [5.41, 5.74) is 0.386. The molecule has 10 heteroatoms. The zero-order chi connectivity index (χ0) is 20.5. The van der Waals surface area contributed by atoms with Crippen molar-refractivity contribution in [2.24, 2.45) is 4.99 Å². The van der Waals surface area contributed by atoms with Crippen LogP contribution >= 0.6 is 22.9 Å². The molecule has 0 fully saturated rings. The molecule has 0 saturated heterocycles. The third-order valence-electron chi connectivity index (χ3n) is 3.98. The predicted octanol–water partition coefficient (Wildman–Crippen LogP) is 3.29. The molecule has 6 nitrogen and oxygen atoms in total. The van der Waals surface area contributed by atoms with E-state index in [0.717, 1.165) is 23.7 Å². The molecule has 0 aliphatic heterocycles. The first-order chi connectivity index (χ1) is 13.2. The van der Waals surface area contributed by atoms with E-state index in [1.54, 1.807) is 10.6 Å². The van der Waals surface area contributed by atoms with Gasteiger partial charge in [-0.2, -0.15) is 4.99 Å². The number of benzene rings is 2. The van der Waals surface area contributed by atoms with Crippen molar-refractivity contribution in [3.63, 3.8) is 0 Å². The van der Waals surface area contributed by atoms with Gasteiger partial charge in [-0.15, -0.1) is 0 Å². The molecule has 2 aromatic carbocycles. The number of thiazole rings is 1. The number of amides is 1. The van der Waals surface area contributed by atoms with Crippen LogP contribution in [-0.2, 0) is 21.1 Å². The van der Waals surface area contributed by atoms with Crippen LogP contribution in [0.5, 0.6) is 0 Å². The molecule has 0 unspecified atom stereocenters. The molecule has 3 aromatic rings. The summed E-state index contributed by atoms with van der Waals surface area (Å²) in [6.45, 7) is 0.729. The van der Waals surface area contributed by atoms with E-state index in [9.17, 15) is 17.6 Å². The van der Waals surface area contributed by atoms with E-state index in [0.29, 0.717) is 28.2 Å². The summed E-state index contributed by atoms with van der Waals surface area (Å²) in [5.74, 6) is -1.57. The molecule has 0 bridgehead atoms. The normalized spacial score (nSPS) is 12.6. The highest BCUT2D eigenvalue weighted by Gasteiger charge is 2.17. The van der Waals surface area contributed by atoms with E-state index < -0.39 is 21.6 Å². The Bertz CT molecular complexity index is 1210. The minimum absolute atomic E-state index is 0.0299. The van der Waals surface area contributed by atoms with Crippen LogP contribution in [0.1, 0.15) is 10.4 Å². The number of aromatic nitrogens is 1. The highest BCUT2D eigenvalue weighted by atomic mass is 35.5. The first-order valence-corrected chi connectivity index (χ1v) is 11.2. The molecule has 1 aromatic heterocycles. The second-order valence-corrected chi connectivity index (χ2v) is 9.38. The van der Waals surface area contributed by atoms with Crippen molar-refractivity contribution in [2.45, 2.75) is 11.4 Å². The van der Waals surface area contributed by atoms with E-state index in [2.05, 4.69) is 4.99 Å². The Morgan fingerprint density at radius 2 is 2.07 bits per heavy atom. The van der Waals surface area contributed by atoms with E-state index in [1.807, 2.05) is 0 Å². The fraction of sp³-hybridized carbons (Fsp3) is 0.222. The fourth-order valence-electron chi connectivity index (χ4n) is 2.61. The third-order valence-corrected chi connectivity index (χ3v) is 6.44. The van der Waals surface area contributed by atoms with E-state index in [1.165, 1.54) is 31.4 Å². The zero-order valence-corrected chi connectivity index (χ0v) is 17.4. The Hall–Kier alpha value is -2.07. The Kier molecular flexibility index (Phi) is 5.99. The maximum Gasteiger partial charge on any atom is 0.284 e. The molecular formula is C18H16ClFN2O4S2. The number of carbonyl (C=O) groups excluding carboxylic acids is 1. The highest BCUT2D eigenvalue weighted by molar-refractivity contribution is 7.90. The van der Waals surface area contributed by atoms with Gasteiger partial charge in [0, 0.05) is 19.9 Å². The van der Waals surface area contributed by atoms with Gasteiger partial charge in [0.05, 0.1) is 32.3 Å². The number of hydrogen-bond donors (Lipinski definition) is 0. The molecule has 1 heterocycles. The molecule has 0 spiro atoms. The highest BCUT2D eigenvalue weighted by Crippen LogP contribution is 2.23. The van der Waals surface area contributed by atoms with Crippen molar-refractivity contribution in [1.82, 2.24) is 4.57 Å². The van der Waals surface area contributed by atoms with Gasteiger partial charge in [0.2, 0.25) is 0 Å². The average Bonchev–Trinajstić information content (AvgIpc) is 2.95. The Labute approximate surface area is 169 Å². The summed E-state index contributed by atoms with van der Waals surface area (Å²) in [4.78, 5) is 17.1. The number of hydrogen-bond acceptors (Lipinski definition) is 5. The summed E-state index contributed by atoms with van der Waals surface area (Å²) < 4.78 is 45.1. The zero-order valence-electron chi connectivity index (χ0n) is 15.0. The van der Waals surface area contributed by atoms with Crippen LogP contribution in [0, 0.1) is 5.82 Å². The smallest absolute Gasteiger partial charge is 0.284 e. The lowest BCUT2D eigenvalue weighted by atomic mass is 10.2. The summed E-state index contributed by atoms with van der Waals surface area (Å²) in [5, 5.41) is -0.0299. The van der Waals surface area contributed by atoms with Gasteiger partial charge >= 0.3 is 0 Å². The maximum absolute atomic E-state index is 14.0. The number of halogens is 2. The van der Waals surface area contributed by atoms with Gasteiger partial charge in [0.1, 0.15) is 5.82 Å². The number of methoxy groups -OCH3 is 1. The number of sulfone groups is 1. The Morgan fingerprint density at radius 1 is 1.32 bits per heavy atom. The minimum atomic E-state index is -3.38. The summed E-state index contributed by atoms with van der Waals surface area (Å²) in [6.07, 6.45) is 1.12. The van der Waals surface area contributed by atoms with Gasteiger partial charge in [-0.05, 0) is 30.3 Å². The maximum atomic E-state index is 14.0. The Balaban J connectivity index is 2.20. The van der Waals surface area contributed by atoms with E-state index in [4.69, 9.17) is 16.3 Å². The number of fused-ring (bicyclic) bond motifs is 1. The molecule has 0 atom stereocenters. The number of nitrogens with zero attached hydrogens (tertiary/aromatic N) is 2. The second-order valence-electron chi connectivity index (χ2n) is 5.94. The fourth-order valence-corrected chi connectivity index (χ4v) is 4.67. The van der Waals surface area contributed by atoms with Gasteiger partial charge in [0.15, 0.2) is 14.6 Å². The van der Waals surface area contributed by atoms with E-state index in [-0.39, 0.29) is 15.5 Å². The van der Waals surface area contributed by atoms with Gasteiger partial charge in [0.25, 0.3) is 5.91 Å². The molecule has 0 aliphatic carbocycles. The van der Waals surface area contributed by atoms with Crippen molar-refractivity contribution < 1.29 is 22.3 Å². The van der Waals surface area contributed by atoms with Gasteiger partial charge in [-0.3, -0.25) is 4.79 Å². The first-order valence-electron chi connectivity index (χ1n) is 8.08. The van der Waals surface area contributed by atoms with Gasteiger partial charge in [-0.25, -0.2) is 12.8 Å².